The van der Waals surface area contributed by atoms with Gasteiger partial charge in [0.25, 0.3) is 0 Å². The molecule has 2 saturated carbocycles. The van der Waals surface area contributed by atoms with Crippen molar-refractivity contribution >= 4 is 0 Å². The number of hydrogen-bond acceptors (Lipinski definition) is 4. The zero-order valence-corrected chi connectivity index (χ0v) is 11.9. The Balaban J connectivity index is 1.48. The second kappa shape index (κ2) is 5.40. The van der Waals surface area contributed by atoms with E-state index in [0.29, 0.717) is 5.92 Å². The van der Waals surface area contributed by atoms with Crippen LogP contribution in [0.1, 0.15) is 38.5 Å². The first-order chi connectivity index (χ1) is 9.21. The average molecular weight is 262 g/mol. The Labute approximate surface area is 116 Å². The van der Waals surface area contributed by atoms with Crippen molar-refractivity contribution < 1.29 is 0 Å². The van der Waals surface area contributed by atoms with Crippen LogP contribution in [0.25, 0.3) is 0 Å². The third-order valence-corrected chi connectivity index (χ3v) is 5.25. The Morgan fingerprint density at radius 3 is 2.21 bits per heavy atom. The molecule has 19 heavy (non-hydrogen) atoms. The van der Waals surface area contributed by atoms with Gasteiger partial charge in [0.05, 0.1) is 6.07 Å². The van der Waals surface area contributed by atoms with Crippen LogP contribution in [0.3, 0.4) is 0 Å². The van der Waals surface area contributed by atoms with Crippen molar-refractivity contribution in [3.05, 3.63) is 0 Å². The van der Waals surface area contributed by atoms with Crippen molar-refractivity contribution in [3.63, 3.8) is 0 Å². The first-order valence-corrected chi connectivity index (χ1v) is 7.88. The lowest BCUT2D eigenvalue weighted by Gasteiger charge is -2.40. The Hall–Kier alpha value is -0.630. The van der Waals surface area contributed by atoms with E-state index in [2.05, 4.69) is 15.9 Å². The van der Waals surface area contributed by atoms with E-state index in [4.69, 9.17) is 5.73 Å². The molecule has 0 bridgehead atoms. The van der Waals surface area contributed by atoms with Gasteiger partial charge in [-0.3, -0.25) is 9.80 Å². The van der Waals surface area contributed by atoms with Crippen LogP contribution in [-0.4, -0.2) is 54.1 Å². The molecule has 106 valence electrons. The van der Waals surface area contributed by atoms with Crippen molar-refractivity contribution in [2.45, 2.75) is 50.1 Å². The van der Waals surface area contributed by atoms with E-state index in [-0.39, 0.29) is 0 Å². The van der Waals surface area contributed by atoms with Gasteiger partial charge in [0.1, 0.15) is 5.54 Å². The minimum absolute atomic E-state index is 0.449. The Morgan fingerprint density at radius 1 is 1.05 bits per heavy atom. The van der Waals surface area contributed by atoms with Crippen molar-refractivity contribution in [1.29, 1.82) is 5.26 Å². The van der Waals surface area contributed by atoms with Gasteiger partial charge >= 0.3 is 0 Å². The zero-order chi connectivity index (χ0) is 13.3. The Kier molecular flexibility index (Phi) is 3.79. The largest absolute Gasteiger partial charge is 0.312 e. The maximum Gasteiger partial charge on any atom is 0.119 e. The van der Waals surface area contributed by atoms with Crippen LogP contribution in [0.2, 0.25) is 0 Å². The maximum atomic E-state index is 9.34. The van der Waals surface area contributed by atoms with Gasteiger partial charge in [0, 0.05) is 38.8 Å². The highest BCUT2D eigenvalue weighted by Gasteiger charge is 2.44. The van der Waals surface area contributed by atoms with E-state index >= 15 is 0 Å². The molecule has 4 heteroatoms. The van der Waals surface area contributed by atoms with E-state index in [1.165, 1.54) is 25.7 Å². The number of nitrogens with two attached hydrogens (primary N) is 1. The van der Waals surface area contributed by atoms with Gasteiger partial charge in [-0.1, -0.05) is 12.8 Å². The summed E-state index contributed by atoms with van der Waals surface area (Å²) in [6, 6.07) is 3.21. The average Bonchev–Trinajstić information content (AvgIpc) is 3.16. The molecule has 3 rings (SSSR count). The number of rotatable bonds is 4. The molecule has 0 aromatic heterocycles. The summed E-state index contributed by atoms with van der Waals surface area (Å²) in [7, 11) is 0. The highest BCUT2D eigenvalue weighted by molar-refractivity contribution is 5.14. The van der Waals surface area contributed by atoms with Crippen LogP contribution in [0.15, 0.2) is 0 Å². The smallest absolute Gasteiger partial charge is 0.119 e. The fourth-order valence-corrected chi connectivity index (χ4v) is 3.78. The third kappa shape index (κ3) is 2.94. The topological polar surface area (TPSA) is 56.3 Å². The summed E-state index contributed by atoms with van der Waals surface area (Å²) in [5.41, 5.74) is 5.69. The van der Waals surface area contributed by atoms with Crippen LogP contribution < -0.4 is 5.73 Å². The molecule has 1 saturated heterocycles. The normalized spacial score (nSPS) is 30.1. The van der Waals surface area contributed by atoms with Gasteiger partial charge in [-0.25, -0.2) is 0 Å². The van der Waals surface area contributed by atoms with Crippen LogP contribution in [0.5, 0.6) is 0 Å². The molecule has 0 spiro atoms. The maximum absolute atomic E-state index is 9.34. The van der Waals surface area contributed by atoms with E-state index in [1.807, 2.05) is 0 Å². The van der Waals surface area contributed by atoms with Gasteiger partial charge in [-0.15, -0.1) is 0 Å². The van der Waals surface area contributed by atoms with Gasteiger partial charge in [-0.05, 0) is 31.6 Å². The predicted molar refractivity (Wildman–Crippen MR) is 75.5 cm³/mol. The molecule has 1 atom stereocenters. The Bertz CT molecular complexity index is 346. The molecule has 2 aliphatic carbocycles. The van der Waals surface area contributed by atoms with Crippen molar-refractivity contribution in [2.24, 2.45) is 11.7 Å². The van der Waals surface area contributed by atoms with Crippen LogP contribution in [0, 0.1) is 17.2 Å². The molecule has 0 radical (unpaired) electrons. The van der Waals surface area contributed by atoms with Gasteiger partial charge in [0.2, 0.25) is 0 Å². The van der Waals surface area contributed by atoms with Crippen LogP contribution in [0.4, 0.5) is 0 Å². The standard InChI is InChI=1S/C15H26N4/c16-11-15(17,13-5-6-13)12-18-7-9-19(10-8-18)14-3-1-2-4-14/h13-14H,1-10,12,17H2. The molecule has 1 unspecified atom stereocenters. The second-order valence-corrected chi connectivity index (χ2v) is 6.68. The molecule has 3 fully saturated rings. The first kappa shape index (κ1) is 13.4. The fourth-order valence-electron chi connectivity index (χ4n) is 3.78. The van der Waals surface area contributed by atoms with Gasteiger partial charge in [-0.2, -0.15) is 5.26 Å². The number of piperazine rings is 1. The molecule has 2 N–H and O–H groups in total. The summed E-state index contributed by atoms with van der Waals surface area (Å²) in [5, 5.41) is 9.34. The van der Waals surface area contributed by atoms with E-state index in [9.17, 15) is 5.26 Å². The van der Waals surface area contributed by atoms with Crippen LogP contribution >= 0.6 is 0 Å². The summed E-state index contributed by atoms with van der Waals surface area (Å²) in [4.78, 5) is 5.07. The van der Waals surface area contributed by atoms with Gasteiger partial charge in [0.15, 0.2) is 0 Å². The first-order valence-electron chi connectivity index (χ1n) is 7.88. The molecule has 4 nitrogen and oxygen atoms in total. The van der Waals surface area contributed by atoms with E-state index in [0.717, 1.165) is 51.6 Å². The summed E-state index contributed by atoms with van der Waals surface area (Å²) < 4.78 is 0. The molecule has 0 aromatic rings. The quantitative estimate of drug-likeness (QED) is 0.826. The number of nitriles is 1. The van der Waals surface area contributed by atoms with Gasteiger partial charge < -0.3 is 5.73 Å². The summed E-state index contributed by atoms with van der Waals surface area (Å²) in [6.45, 7) is 5.27. The lowest BCUT2D eigenvalue weighted by atomic mass is 9.95. The highest BCUT2D eigenvalue weighted by atomic mass is 15.3. The monoisotopic (exact) mass is 262 g/mol. The van der Waals surface area contributed by atoms with Crippen molar-refractivity contribution in [3.8, 4) is 6.07 Å². The molecule has 1 aliphatic heterocycles. The SMILES string of the molecule is N#CC(N)(CN1CCN(C2CCCC2)CC1)C1CC1. The number of hydrogen-bond donors (Lipinski definition) is 1. The lowest BCUT2D eigenvalue weighted by Crippen LogP contribution is -2.57. The lowest BCUT2D eigenvalue weighted by molar-refractivity contribution is 0.0862. The van der Waals surface area contributed by atoms with E-state index in [1.54, 1.807) is 0 Å². The zero-order valence-electron chi connectivity index (χ0n) is 11.9. The second-order valence-electron chi connectivity index (χ2n) is 6.68. The summed E-state index contributed by atoms with van der Waals surface area (Å²) in [5.74, 6) is 0.449. The summed E-state index contributed by atoms with van der Waals surface area (Å²) >= 11 is 0. The fraction of sp³-hybridized carbons (Fsp3) is 0.933. The number of nitrogens with zero attached hydrogens (tertiary/aromatic N) is 3. The van der Waals surface area contributed by atoms with Crippen molar-refractivity contribution in [1.82, 2.24) is 9.80 Å². The summed E-state index contributed by atoms with van der Waals surface area (Å²) in [6.07, 6.45) is 7.89. The molecule has 0 aromatic carbocycles. The van der Waals surface area contributed by atoms with Crippen LogP contribution in [-0.2, 0) is 0 Å². The minimum atomic E-state index is -0.588. The highest BCUT2D eigenvalue weighted by Crippen LogP contribution is 2.38. The molecule has 3 aliphatic rings. The molecular formula is C15H26N4. The Morgan fingerprint density at radius 2 is 1.68 bits per heavy atom. The predicted octanol–water partition coefficient (Wildman–Crippen LogP) is 1.18. The third-order valence-electron chi connectivity index (χ3n) is 5.25. The van der Waals surface area contributed by atoms with E-state index < -0.39 is 5.54 Å². The molecular weight excluding hydrogens is 236 g/mol. The molecule has 1 heterocycles. The van der Waals surface area contributed by atoms with Crippen molar-refractivity contribution in [2.75, 3.05) is 32.7 Å². The molecule has 0 amide bonds. The minimum Gasteiger partial charge on any atom is -0.312 e.